The largest absolute Gasteiger partial charge is 0.492 e. The molecule has 0 bridgehead atoms. The molecule has 0 spiro atoms. The van der Waals surface area contributed by atoms with Crippen molar-refractivity contribution in [3.05, 3.63) is 76.0 Å². The van der Waals surface area contributed by atoms with E-state index in [-0.39, 0.29) is 16.4 Å². The number of carbonyl (C=O) groups excluding carboxylic acids is 2. The van der Waals surface area contributed by atoms with Gasteiger partial charge in [0.05, 0.1) is 16.8 Å². The van der Waals surface area contributed by atoms with Gasteiger partial charge in [-0.05, 0) is 83.0 Å². The second kappa shape index (κ2) is 9.32. The lowest BCUT2D eigenvalue weighted by molar-refractivity contribution is -0.122. The van der Waals surface area contributed by atoms with E-state index >= 15 is 0 Å². The average molecular weight is 489 g/mol. The number of amides is 2. The van der Waals surface area contributed by atoms with E-state index in [0.717, 1.165) is 10.5 Å². The fourth-order valence-corrected chi connectivity index (χ4v) is 3.95. The predicted molar refractivity (Wildman–Crippen MR) is 122 cm³/mol. The zero-order valence-corrected chi connectivity index (χ0v) is 18.5. The molecule has 2 amide bonds. The molecule has 1 aliphatic rings. The monoisotopic (exact) mass is 488 g/mol. The fraction of sp³-hybridized carbons (Fsp3) is 0.136. The number of allylic oxidation sites excluding steroid dienone is 1. The van der Waals surface area contributed by atoms with Crippen LogP contribution in [0.2, 0.25) is 0 Å². The number of carbonyl (C=O) groups is 2. The number of nitrogens with zero attached hydrogens (tertiary/aromatic N) is 1. The quantitative estimate of drug-likeness (QED) is 0.280. The van der Waals surface area contributed by atoms with E-state index in [1.807, 2.05) is 13.0 Å². The Morgan fingerprint density at radius 2 is 2.03 bits per heavy atom. The summed E-state index contributed by atoms with van der Waals surface area (Å²) in [7, 11) is 0. The standard InChI is InChI=1S/C22H18BrFN2O3S/c1-3-7-14-10-13(12-16(23)19(14)29-4-2)11-15-20(27)25-22(30)26(21(15)28)18-9-6-5-8-17(18)24/h3,5-6,8-12H,1,4,7H2,2H3,(H,25,27,30)/b15-11+. The van der Waals surface area contributed by atoms with Crippen LogP contribution in [-0.2, 0) is 16.0 Å². The van der Waals surface area contributed by atoms with E-state index in [4.69, 9.17) is 17.0 Å². The molecule has 154 valence electrons. The van der Waals surface area contributed by atoms with Crippen molar-refractivity contribution in [3.8, 4) is 5.75 Å². The number of hydrogen-bond acceptors (Lipinski definition) is 4. The maximum Gasteiger partial charge on any atom is 0.270 e. The summed E-state index contributed by atoms with van der Waals surface area (Å²) in [5.74, 6) is -1.30. The van der Waals surface area contributed by atoms with Gasteiger partial charge in [0.1, 0.15) is 17.1 Å². The third-order valence-corrected chi connectivity index (χ3v) is 5.18. The molecule has 0 aliphatic carbocycles. The minimum absolute atomic E-state index is 0.0291. The average Bonchev–Trinajstić information content (AvgIpc) is 2.69. The van der Waals surface area contributed by atoms with Crippen molar-refractivity contribution in [1.82, 2.24) is 5.32 Å². The summed E-state index contributed by atoms with van der Waals surface area (Å²) >= 11 is 8.58. The molecule has 0 unspecified atom stereocenters. The van der Waals surface area contributed by atoms with Gasteiger partial charge in [-0.2, -0.15) is 0 Å². The first-order valence-corrected chi connectivity index (χ1v) is 10.3. The van der Waals surface area contributed by atoms with E-state index in [0.29, 0.717) is 28.8 Å². The predicted octanol–water partition coefficient (Wildman–Crippen LogP) is 4.55. The normalized spacial score (nSPS) is 15.4. The van der Waals surface area contributed by atoms with Crippen molar-refractivity contribution in [3.63, 3.8) is 0 Å². The van der Waals surface area contributed by atoms with Crippen LogP contribution >= 0.6 is 28.1 Å². The second-order valence-electron chi connectivity index (χ2n) is 6.33. The molecule has 0 aromatic heterocycles. The van der Waals surface area contributed by atoms with Crippen LogP contribution in [0.1, 0.15) is 18.1 Å². The number of anilines is 1. The van der Waals surface area contributed by atoms with Crippen LogP contribution in [0.15, 0.2) is 59.1 Å². The first-order valence-electron chi connectivity index (χ1n) is 9.09. The van der Waals surface area contributed by atoms with Crippen LogP contribution in [0.3, 0.4) is 0 Å². The lowest BCUT2D eigenvalue weighted by Gasteiger charge is -2.29. The van der Waals surface area contributed by atoms with Crippen molar-refractivity contribution in [2.45, 2.75) is 13.3 Å². The van der Waals surface area contributed by atoms with E-state index in [2.05, 4.69) is 27.8 Å². The van der Waals surface area contributed by atoms with Crippen LogP contribution in [0.5, 0.6) is 5.75 Å². The summed E-state index contributed by atoms with van der Waals surface area (Å²) in [6.45, 7) is 6.12. The summed E-state index contributed by atoms with van der Waals surface area (Å²) in [6, 6.07) is 9.28. The van der Waals surface area contributed by atoms with Crippen LogP contribution in [-0.4, -0.2) is 23.5 Å². The number of rotatable bonds is 6. The molecule has 3 rings (SSSR count). The van der Waals surface area contributed by atoms with Crippen molar-refractivity contribution in [1.29, 1.82) is 0 Å². The molecule has 0 saturated carbocycles. The Balaban J connectivity index is 2.06. The Kier molecular flexibility index (Phi) is 6.79. The first-order chi connectivity index (χ1) is 14.4. The van der Waals surface area contributed by atoms with Gasteiger partial charge in [0.15, 0.2) is 5.11 Å². The van der Waals surface area contributed by atoms with Crippen molar-refractivity contribution >= 4 is 56.8 Å². The second-order valence-corrected chi connectivity index (χ2v) is 7.57. The molecule has 1 aliphatic heterocycles. The van der Waals surface area contributed by atoms with E-state index < -0.39 is 17.6 Å². The first kappa shape index (κ1) is 21.9. The highest BCUT2D eigenvalue weighted by Crippen LogP contribution is 2.33. The molecular formula is C22H18BrFN2O3S. The molecule has 0 radical (unpaired) electrons. The number of halogens is 2. The van der Waals surface area contributed by atoms with Gasteiger partial charge >= 0.3 is 0 Å². The topological polar surface area (TPSA) is 58.6 Å². The molecule has 1 saturated heterocycles. The summed E-state index contributed by atoms with van der Waals surface area (Å²) in [5, 5.41) is 2.28. The van der Waals surface area contributed by atoms with Crippen molar-refractivity contribution in [2.24, 2.45) is 0 Å². The maximum absolute atomic E-state index is 14.3. The summed E-state index contributed by atoms with van der Waals surface area (Å²) in [4.78, 5) is 26.5. The number of nitrogens with one attached hydrogen (secondary N) is 1. The summed E-state index contributed by atoms with van der Waals surface area (Å²) in [6.07, 6.45) is 3.72. The molecule has 8 heteroatoms. The molecule has 1 heterocycles. The highest BCUT2D eigenvalue weighted by molar-refractivity contribution is 9.10. The van der Waals surface area contributed by atoms with Gasteiger partial charge in [0, 0.05) is 0 Å². The third-order valence-electron chi connectivity index (χ3n) is 4.30. The molecular weight excluding hydrogens is 471 g/mol. The molecule has 0 atom stereocenters. The molecule has 5 nitrogen and oxygen atoms in total. The zero-order valence-electron chi connectivity index (χ0n) is 16.1. The Bertz CT molecular complexity index is 1080. The van der Waals surface area contributed by atoms with Crippen LogP contribution < -0.4 is 15.0 Å². The number of ether oxygens (including phenoxy) is 1. The van der Waals surface area contributed by atoms with Crippen LogP contribution in [0.4, 0.5) is 10.1 Å². The SMILES string of the molecule is C=CCc1cc(/C=C2\C(=O)NC(=S)N(c3ccccc3F)C2=O)cc(Br)c1OCC. The third kappa shape index (κ3) is 4.34. The van der Waals surface area contributed by atoms with Gasteiger partial charge in [0.2, 0.25) is 0 Å². The highest BCUT2D eigenvalue weighted by atomic mass is 79.9. The Morgan fingerprint density at radius 1 is 1.30 bits per heavy atom. The van der Waals surface area contributed by atoms with Gasteiger partial charge in [0.25, 0.3) is 11.8 Å². The minimum atomic E-state index is -0.705. The lowest BCUT2D eigenvalue weighted by atomic mass is 10.0. The minimum Gasteiger partial charge on any atom is -0.492 e. The summed E-state index contributed by atoms with van der Waals surface area (Å²) < 4.78 is 20.6. The molecule has 2 aromatic carbocycles. The molecule has 30 heavy (non-hydrogen) atoms. The molecule has 1 fully saturated rings. The van der Waals surface area contributed by atoms with E-state index in [9.17, 15) is 14.0 Å². The number of para-hydroxylation sites is 1. The Labute approximate surface area is 187 Å². The zero-order chi connectivity index (χ0) is 21.8. The highest BCUT2D eigenvalue weighted by Gasteiger charge is 2.35. The van der Waals surface area contributed by atoms with Crippen molar-refractivity contribution < 1.29 is 18.7 Å². The number of benzene rings is 2. The van der Waals surface area contributed by atoms with Crippen LogP contribution in [0, 0.1) is 5.82 Å². The molecule has 1 N–H and O–H groups in total. The van der Waals surface area contributed by atoms with E-state index in [1.54, 1.807) is 18.2 Å². The van der Waals surface area contributed by atoms with Gasteiger partial charge in [-0.25, -0.2) is 9.29 Å². The molecule has 2 aromatic rings. The Morgan fingerprint density at radius 3 is 2.70 bits per heavy atom. The lowest BCUT2D eigenvalue weighted by Crippen LogP contribution is -2.54. The van der Waals surface area contributed by atoms with Gasteiger partial charge < -0.3 is 4.74 Å². The van der Waals surface area contributed by atoms with Gasteiger partial charge in [-0.1, -0.05) is 18.2 Å². The van der Waals surface area contributed by atoms with Gasteiger partial charge in [-0.3, -0.25) is 14.9 Å². The van der Waals surface area contributed by atoms with E-state index in [1.165, 1.54) is 24.3 Å². The maximum atomic E-state index is 14.3. The summed E-state index contributed by atoms with van der Waals surface area (Å²) in [5.41, 5.74) is 1.26. The van der Waals surface area contributed by atoms with Crippen molar-refractivity contribution in [2.75, 3.05) is 11.5 Å². The smallest absolute Gasteiger partial charge is 0.270 e. The fourth-order valence-electron chi connectivity index (χ4n) is 3.05. The van der Waals surface area contributed by atoms with Gasteiger partial charge in [-0.15, -0.1) is 6.58 Å². The Hall–Kier alpha value is -2.84. The number of hydrogen-bond donors (Lipinski definition) is 1. The number of thiocarbonyl (C=S) groups is 1. The van der Waals surface area contributed by atoms with Crippen LogP contribution in [0.25, 0.3) is 6.08 Å².